The van der Waals surface area contributed by atoms with Gasteiger partial charge in [0.1, 0.15) is 0 Å². The molecule has 306 valence electrons. The van der Waals surface area contributed by atoms with Crippen LogP contribution in [0.3, 0.4) is 0 Å². The molecule has 0 aliphatic carbocycles. The van der Waals surface area contributed by atoms with Crippen LogP contribution >= 0.6 is 70.6 Å². The quantitative estimate of drug-likeness (QED) is 0.132. The van der Waals surface area contributed by atoms with Gasteiger partial charge in [-0.25, -0.2) is 14.4 Å². The Morgan fingerprint density at radius 3 is 0.870 bits per heavy atom. The highest BCUT2D eigenvalue weighted by molar-refractivity contribution is 8.19. The monoisotopic (exact) mass is 894 g/mol. The fourth-order valence-electron chi connectivity index (χ4n) is 5.73. The first-order valence-corrected chi connectivity index (χ1v) is 22.9. The molecule has 3 spiro atoms. The van der Waals surface area contributed by atoms with Crippen molar-refractivity contribution in [1.82, 2.24) is 0 Å². The average Bonchev–Trinajstić information content (AvgIpc) is 3.10. The van der Waals surface area contributed by atoms with E-state index in [1.807, 2.05) is 0 Å². The fraction of sp³-hybridized carbons (Fsp3) is 0.727. The third-order valence-electron chi connectivity index (χ3n) is 8.50. The van der Waals surface area contributed by atoms with Crippen LogP contribution in [0.15, 0.2) is 36.5 Å². The van der Waals surface area contributed by atoms with Crippen LogP contribution in [-0.4, -0.2) is 102 Å². The summed E-state index contributed by atoms with van der Waals surface area (Å²) < 4.78 is 139. The summed E-state index contributed by atoms with van der Waals surface area (Å²) >= 11 is 7.28. The standard InChI is InChI=1S/C33H39F9O6S6/c34-31(35,36)22-4-10-28(49-16-1-17-50-28)13-7-25(43)47-23(32(37,38)39)5-11-29(51-18-2-19-52-29)15-9-27(45)48-24(33(40,41)42)6-12-30(14-8-26(44)46-22)53-20-3-21-54-30/h7-9,13-15,22-24H,1-6,10-12,16-21H2/b13-7-,14-8+,15-9+/t22?,23-,24?/m0/s1. The normalized spacial score (nSPS) is 30.4. The summed E-state index contributed by atoms with van der Waals surface area (Å²) in [6.45, 7) is 0. The van der Waals surface area contributed by atoms with Gasteiger partial charge < -0.3 is 14.2 Å². The number of carbonyl (C=O) groups is 3. The first-order valence-electron chi connectivity index (χ1n) is 17.0. The van der Waals surface area contributed by atoms with Crippen molar-refractivity contribution in [2.24, 2.45) is 0 Å². The fourth-order valence-corrected chi connectivity index (χ4v) is 15.1. The number of ether oxygens (including phenoxy) is 3. The van der Waals surface area contributed by atoms with E-state index in [2.05, 4.69) is 0 Å². The minimum Gasteiger partial charge on any atom is -0.450 e. The zero-order valence-electron chi connectivity index (χ0n) is 28.6. The minimum absolute atomic E-state index is 0.271. The van der Waals surface area contributed by atoms with E-state index in [1.165, 1.54) is 88.8 Å². The number of rotatable bonds is 0. The molecular formula is C33H39F9O6S6. The van der Waals surface area contributed by atoms with Gasteiger partial charge in [0.2, 0.25) is 0 Å². The van der Waals surface area contributed by atoms with Gasteiger partial charge in [0.15, 0.2) is 18.3 Å². The van der Waals surface area contributed by atoms with Gasteiger partial charge in [-0.2, -0.15) is 39.5 Å². The van der Waals surface area contributed by atoms with E-state index in [0.29, 0.717) is 53.8 Å². The SMILES string of the molecule is O=C1/C=C\C2(CCC(C(F)(F)F)OC(=O)/C=C/C3(CCC(C(F)(F)F)OC(=O)/C=C/C4(CC[C@@H](C(F)(F)F)O1)SCCCS4)SCCCS3)SCCCS2. The number of hydrogen-bond donors (Lipinski definition) is 0. The Hall–Kier alpha value is -0.900. The molecular weight excluding hydrogens is 856 g/mol. The summed E-state index contributed by atoms with van der Waals surface area (Å²) in [6, 6.07) is 0. The number of alkyl halides is 9. The number of hydrogen-bond acceptors (Lipinski definition) is 12. The number of halogens is 9. The van der Waals surface area contributed by atoms with Crippen molar-refractivity contribution in [3.8, 4) is 0 Å². The lowest BCUT2D eigenvalue weighted by atomic mass is 10.1. The molecule has 3 atom stereocenters. The molecule has 0 saturated carbocycles. The van der Waals surface area contributed by atoms with Gasteiger partial charge in [-0.3, -0.25) is 0 Å². The average molecular weight is 895 g/mol. The Morgan fingerprint density at radius 1 is 0.444 bits per heavy atom. The molecule has 3 saturated heterocycles. The maximum absolute atomic E-state index is 14.2. The molecule has 2 unspecified atom stereocenters. The molecule has 21 heteroatoms. The lowest BCUT2D eigenvalue weighted by molar-refractivity contribution is -0.220. The van der Waals surface area contributed by atoms with Gasteiger partial charge in [0, 0.05) is 18.2 Å². The predicted molar refractivity (Wildman–Crippen MR) is 200 cm³/mol. The Kier molecular flexibility index (Phi) is 16.7. The summed E-state index contributed by atoms with van der Waals surface area (Å²) in [7, 11) is 0. The van der Waals surface area contributed by atoms with Crippen molar-refractivity contribution in [2.45, 2.75) is 107 Å². The van der Waals surface area contributed by atoms with E-state index in [1.54, 1.807) is 0 Å². The number of thioether (sulfide) groups is 6. The largest absolute Gasteiger partial charge is 0.450 e. The molecule has 4 aliphatic rings. The zero-order chi connectivity index (χ0) is 39.7. The highest BCUT2D eigenvalue weighted by atomic mass is 32.2. The summed E-state index contributed by atoms with van der Waals surface area (Å²) in [6.07, 6.45) is -17.8. The molecule has 4 aliphatic heterocycles. The van der Waals surface area contributed by atoms with Crippen molar-refractivity contribution in [3.05, 3.63) is 36.5 Å². The van der Waals surface area contributed by atoms with E-state index >= 15 is 0 Å². The number of cyclic esters (lactones) is 3. The van der Waals surface area contributed by atoms with E-state index < -0.39 is 86.2 Å². The number of esters is 3. The van der Waals surface area contributed by atoms with Crippen LogP contribution in [-0.2, 0) is 28.6 Å². The van der Waals surface area contributed by atoms with Gasteiger partial charge in [0.25, 0.3) is 0 Å². The van der Waals surface area contributed by atoms with Crippen LogP contribution in [0.2, 0.25) is 0 Å². The van der Waals surface area contributed by atoms with Crippen LogP contribution in [0.5, 0.6) is 0 Å². The Morgan fingerprint density at radius 2 is 0.667 bits per heavy atom. The van der Waals surface area contributed by atoms with Crippen LogP contribution in [0, 0.1) is 0 Å². The third kappa shape index (κ3) is 14.2. The van der Waals surface area contributed by atoms with Crippen LogP contribution in [0.25, 0.3) is 0 Å². The maximum atomic E-state index is 14.2. The second kappa shape index (κ2) is 19.7. The summed E-state index contributed by atoms with van der Waals surface area (Å²) in [4.78, 5) is 38.5. The van der Waals surface area contributed by atoms with Crippen molar-refractivity contribution in [3.63, 3.8) is 0 Å². The molecule has 0 aromatic heterocycles. The van der Waals surface area contributed by atoms with Gasteiger partial charge in [-0.05, 0) is 92.3 Å². The van der Waals surface area contributed by atoms with E-state index in [0.717, 1.165) is 18.2 Å². The highest BCUT2D eigenvalue weighted by Gasteiger charge is 2.48. The van der Waals surface area contributed by atoms with E-state index in [4.69, 9.17) is 14.2 Å². The smallest absolute Gasteiger partial charge is 0.425 e. The van der Waals surface area contributed by atoms with Gasteiger partial charge in [-0.1, -0.05) is 18.2 Å². The van der Waals surface area contributed by atoms with Gasteiger partial charge in [-0.15, -0.1) is 70.6 Å². The molecule has 54 heavy (non-hydrogen) atoms. The molecule has 4 rings (SSSR count). The molecule has 0 bridgehead atoms. The second-order valence-corrected chi connectivity index (χ2v) is 21.9. The Balaban J connectivity index is 1.70. The summed E-state index contributed by atoms with van der Waals surface area (Å²) in [5.74, 6) is -1.18. The third-order valence-corrected chi connectivity index (χ3v) is 18.6. The molecule has 0 radical (unpaired) electrons. The zero-order valence-corrected chi connectivity index (χ0v) is 33.5. The molecule has 6 nitrogen and oxygen atoms in total. The number of carbonyl (C=O) groups excluding carboxylic acids is 3. The molecule has 4 heterocycles. The van der Waals surface area contributed by atoms with Crippen molar-refractivity contribution < 1.29 is 68.1 Å². The van der Waals surface area contributed by atoms with Crippen LogP contribution < -0.4 is 0 Å². The highest BCUT2D eigenvalue weighted by Crippen LogP contribution is 2.50. The summed E-state index contributed by atoms with van der Waals surface area (Å²) in [5, 5.41) is 0. The van der Waals surface area contributed by atoms with E-state index in [9.17, 15) is 53.9 Å². The molecule has 0 N–H and O–H groups in total. The Labute approximate surface area is 332 Å². The topological polar surface area (TPSA) is 78.9 Å². The minimum atomic E-state index is -5.02. The first-order chi connectivity index (χ1) is 25.2. The van der Waals surface area contributed by atoms with Crippen molar-refractivity contribution in [1.29, 1.82) is 0 Å². The Bertz CT molecular complexity index is 1210. The van der Waals surface area contributed by atoms with Crippen molar-refractivity contribution >= 4 is 88.5 Å². The molecule has 3 fully saturated rings. The molecule has 0 aromatic carbocycles. The second-order valence-electron chi connectivity index (χ2n) is 12.6. The lowest BCUT2D eigenvalue weighted by Crippen LogP contribution is -2.37. The van der Waals surface area contributed by atoms with E-state index in [-0.39, 0.29) is 19.3 Å². The van der Waals surface area contributed by atoms with Gasteiger partial charge in [0.05, 0.1) is 12.2 Å². The first kappa shape index (κ1) is 45.8. The molecule has 0 amide bonds. The maximum Gasteiger partial charge on any atom is 0.425 e. The van der Waals surface area contributed by atoms with Crippen molar-refractivity contribution in [2.75, 3.05) is 34.5 Å². The lowest BCUT2D eigenvalue weighted by Gasteiger charge is -2.35. The van der Waals surface area contributed by atoms with Crippen LogP contribution in [0.1, 0.15) is 57.8 Å². The predicted octanol–water partition coefficient (Wildman–Crippen LogP) is 10.1. The van der Waals surface area contributed by atoms with Crippen LogP contribution in [0.4, 0.5) is 39.5 Å². The van der Waals surface area contributed by atoms with Gasteiger partial charge >= 0.3 is 36.4 Å². The summed E-state index contributed by atoms with van der Waals surface area (Å²) in [5.41, 5.74) is 0. The molecule has 0 aromatic rings.